The van der Waals surface area contributed by atoms with E-state index in [1.807, 2.05) is 0 Å². The van der Waals surface area contributed by atoms with Crippen molar-refractivity contribution in [3.8, 4) is 5.69 Å². The molecule has 2 N–H and O–H groups in total. The summed E-state index contributed by atoms with van der Waals surface area (Å²) < 4.78 is 2.39. The number of rotatable bonds is 1. The predicted octanol–water partition coefficient (Wildman–Crippen LogP) is 8.05. The standard InChI is InChI=1S/C30H19N3/c1-2-8-18(9-3-1)33-25-16-14-21-19-10-4-6-12-23(19)31-29(21)27(25)28-26(33)17-15-22-20-11-5-7-13-24(20)32-30(22)28/h1-17,31-32H. The van der Waals surface area contributed by atoms with Crippen LogP contribution in [0.1, 0.15) is 0 Å². The lowest BCUT2D eigenvalue weighted by Crippen LogP contribution is -1.92. The summed E-state index contributed by atoms with van der Waals surface area (Å²) >= 11 is 0. The summed E-state index contributed by atoms with van der Waals surface area (Å²) in [4.78, 5) is 7.50. The Kier molecular flexibility index (Phi) is 3.14. The third-order valence-corrected chi connectivity index (χ3v) is 7.07. The largest absolute Gasteiger partial charge is 0.354 e. The Morgan fingerprint density at radius 3 is 1.45 bits per heavy atom. The van der Waals surface area contributed by atoms with Gasteiger partial charge in [0.05, 0.1) is 22.1 Å². The number of benzene rings is 5. The van der Waals surface area contributed by atoms with E-state index in [2.05, 4.69) is 118 Å². The highest BCUT2D eigenvalue weighted by Gasteiger charge is 2.20. The molecular formula is C30H19N3. The van der Waals surface area contributed by atoms with E-state index < -0.39 is 0 Å². The van der Waals surface area contributed by atoms with Crippen molar-refractivity contribution in [1.29, 1.82) is 0 Å². The second-order valence-corrected chi connectivity index (χ2v) is 8.78. The molecule has 0 spiro atoms. The van der Waals surface area contributed by atoms with Crippen molar-refractivity contribution in [2.75, 3.05) is 0 Å². The molecule has 154 valence electrons. The van der Waals surface area contributed by atoms with Gasteiger partial charge in [-0.2, -0.15) is 0 Å². The molecule has 3 heteroatoms. The monoisotopic (exact) mass is 421 g/mol. The van der Waals surface area contributed by atoms with Gasteiger partial charge in [-0.05, 0) is 36.4 Å². The Balaban J connectivity index is 1.69. The number of para-hydroxylation sites is 3. The van der Waals surface area contributed by atoms with Crippen molar-refractivity contribution in [2.45, 2.75) is 0 Å². The molecule has 0 saturated carbocycles. The summed E-state index contributed by atoms with van der Waals surface area (Å²) in [7, 11) is 0. The molecule has 8 rings (SSSR count). The maximum Gasteiger partial charge on any atom is 0.0567 e. The molecule has 3 aromatic heterocycles. The van der Waals surface area contributed by atoms with Crippen LogP contribution in [0.4, 0.5) is 0 Å². The Bertz CT molecular complexity index is 1890. The average molecular weight is 422 g/mol. The zero-order valence-corrected chi connectivity index (χ0v) is 17.8. The molecule has 0 aliphatic carbocycles. The van der Waals surface area contributed by atoms with E-state index in [4.69, 9.17) is 0 Å². The van der Waals surface area contributed by atoms with Gasteiger partial charge in [-0.15, -0.1) is 0 Å². The maximum absolute atomic E-state index is 3.75. The zero-order valence-electron chi connectivity index (χ0n) is 17.8. The van der Waals surface area contributed by atoms with Gasteiger partial charge in [0.25, 0.3) is 0 Å². The first kappa shape index (κ1) is 17.1. The van der Waals surface area contributed by atoms with E-state index in [9.17, 15) is 0 Å². The topological polar surface area (TPSA) is 36.5 Å². The van der Waals surface area contributed by atoms with Crippen LogP contribution >= 0.6 is 0 Å². The number of aromatic amines is 2. The van der Waals surface area contributed by atoms with Crippen LogP contribution in [0.5, 0.6) is 0 Å². The molecule has 0 unspecified atom stereocenters. The first-order valence-electron chi connectivity index (χ1n) is 11.3. The predicted molar refractivity (Wildman–Crippen MR) is 140 cm³/mol. The molecule has 0 radical (unpaired) electrons. The van der Waals surface area contributed by atoms with Crippen LogP contribution in [0.15, 0.2) is 103 Å². The molecule has 33 heavy (non-hydrogen) atoms. The van der Waals surface area contributed by atoms with Crippen LogP contribution < -0.4 is 0 Å². The molecule has 0 aliphatic heterocycles. The number of H-pyrrole nitrogens is 2. The molecular weight excluding hydrogens is 402 g/mol. The lowest BCUT2D eigenvalue weighted by molar-refractivity contribution is 1.18. The van der Waals surface area contributed by atoms with E-state index in [0.717, 1.165) is 0 Å². The Morgan fingerprint density at radius 2 is 0.909 bits per heavy atom. The average Bonchev–Trinajstić information content (AvgIpc) is 3.53. The molecule has 0 aliphatic rings. The van der Waals surface area contributed by atoms with Crippen LogP contribution in [-0.4, -0.2) is 14.5 Å². The van der Waals surface area contributed by atoms with Crippen LogP contribution in [0.25, 0.3) is 71.1 Å². The minimum Gasteiger partial charge on any atom is -0.354 e. The van der Waals surface area contributed by atoms with Crippen molar-refractivity contribution in [1.82, 2.24) is 14.5 Å². The third-order valence-electron chi connectivity index (χ3n) is 7.07. The van der Waals surface area contributed by atoms with Crippen LogP contribution in [0.3, 0.4) is 0 Å². The number of fused-ring (bicyclic) bond motifs is 11. The molecule has 0 saturated heterocycles. The van der Waals surface area contributed by atoms with Gasteiger partial charge in [0.2, 0.25) is 0 Å². The summed E-state index contributed by atoms with van der Waals surface area (Å²) in [5, 5.41) is 7.58. The summed E-state index contributed by atoms with van der Waals surface area (Å²) in [5.41, 5.74) is 8.32. The van der Waals surface area contributed by atoms with Crippen LogP contribution in [0.2, 0.25) is 0 Å². The Morgan fingerprint density at radius 1 is 0.424 bits per heavy atom. The van der Waals surface area contributed by atoms with Gasteiger partial charge in [-0.1, -0.05) is 66.7 Å². The molecule has 0 atom stereocenters. The van der Waals surface area contributed by atoms with E-state index in [1.54, 1.807) is 0 Å². The van der Waals surface area contributed by atoms with Gasteiger partial charge in [0.1, 0.15) is 0 Å². The number of nitrogens with zero attached hydrogens (tertiary/aromatic N) is 1. The van der Waals surface area contributed by atoms with Gasteiger partial charge in [-0.3, -0.25) is 0 Å². The number of aromatic nitrogens is 3. The van der Waals surface area contributed by atoms with E-state index in [0.29, 0.717) is 0 Å². The Hall–Kier alpha value is -4.50. The highest BCUT2D eigenvalue weighted by Crippen LogP contribution is 2.42. The van der Waals surface area contributed by atoms with E-state index in [-0.39, 0.29) is 0 Å². The number of hydrogen-bond donors (Lipinski definition) is 2. The van der Waals surface area contributed by atoms with Gasteiger partial charge in [-0.25, -0.2) is 0 Å². The summed E-state index contributed by atoms with van der Waals surface area (Å²) in [5.74, 6) is 0. The summed E-state index contributed by atoms with van der Waals surface area (Å²) in [6.07, 6.45) is 0. The first-order valence-corrected chi connectivity index (χ1v) is 11.3. The number of hydrogen-bond acceptors (Lipinski definition) is 0. The highest BCUT2D eigenvalue weighted by molar-refractivity contribution is 6.31. The molecule has 8 aromatic rings. The summed E-state index contributed by atoms with van der Waals surface area (Å²) in [6, 6.07) is 36.9. The SMILES string of the molecule is c1ccc(-n2c3ccc4c5ccccc5[nH]c4c3c3c4[nH]c5ccccc5c4ccc32)cc1. The third kappa shape index (κ3) is 2.14. The van der Waals surface area contributed by atoms with Gasteiger partial charge < -0.3 is 14.5 Å². The van der Waals surface area contributed by atoms with Crippen molar-refractivity contribution in [3.63, 3.8) is 0 Å². The Labute approximate surface area is 188 Å². The van der Waals surface area contributed by atoms with Gasteiger partial charge >= 0.3 is 0 Å². The minimum atomic E-state index is 1.17. The molecule has 0 fully saturated rings. The molecule has 0 bridgehead atoms. The second-order valence-electron chi connectivity index (χ2n) is 8.78. The quantitative estimate of drug-likeness (QED) is 0.269. The van der Waals surface area contributed by atoms with Crippen molar-refractivity contribution in [3.05, 3.63) is 103 Å². The first-order chi connectivity index (χ1) is 16.4. The fraction of sp³-hybridized carbons (Fsp3) is 0. The molecule has 3 nitrogen and oxygen atoms in total. The smallest absolute Gasteiger partial charge is 0.0567 e. The summed E-state index contributed by atoms with van der Waals surface area (Å²) in [6.45, 7) is 0. The van der Waals surface area contributed by atoms with Gasteiger partial charge in [0, 0.05) is 49.0 Å². The van der Waals surface area contributed by atoms with Crippen LogP contribution in [-0.2, 0) is 0 Å². The van der Waals surface area contributed by atoms with Crippen molar-refractivity contribution >= 4 is 65.4 Å². The van der Waals surface area contributed by atoms with Crippen molar-refractivity contribution < 1.29 is 0 Å². The van der Waals surface area contributed by atoms with Gasteiger partial charge in [0.15, 0.2) is 0 Å². The lowest BCUT2D eigenvalue weighted by Gasteiger charge is -2.07. The highest BCUT2D eigenvalue weighted by atomic mass is 15.0. The maximum atomic E-state index is 3.75. The van der Waals surface area contributed by atoms with E-state index in [1.165, 1.54) is 71.1 Å². The van der Waals surface area contributed by atoms with E-state index >= 15 is 0 Å². The fourth-order valence-corrected chi connectivity index (χ4v) is 5.68. The molecule has 3 heterocycles. The minimum absolute atomic E-state index is 1.17. The normalized spacial score (nSPS) is 12.2. The zero-order chi connectivity index (χ0) is 21.5. The van der Waals surface area contributed by atoms with Crippen LogP contribution in [0, 0.1) is 0 Å². The van der Waals surface area contributed by atoms with Crippen molar-refractivity contribution in [2.24, 2.45) is 0 Å². The second kappa shape index (κ2) is 6.05. The molecule has 0 amide bonds. The fourth-order valence-electron chi connectivity index (χ4n) is 5.68. The molecule has 5 aromatic carbocycles. The number of nitrogens with one attached hydrogen (secondary N) is 2. The lowest BCUT2D eigenvalue weighted by atomic mass is 10.1.